The van der Waals surface area contributed by atoms with Gasteiger partial charge in [-0.15, -0.1) is 10.2 Å². The van der Waals surface area contributed by atoms with Crippen molar-refractivity contribution in [2.45, 2.75) is 13.5 Å². The van der Waals surface area contributed by atoms with Crippen LogP contribution in [-0.2, 0) is 11.3 Å². The number of aromatic nitrogens is 4. The van der Waals surface area contributed by atoms with Gasteiger partial charge in [-0.1, -0.05) is 30.3 Å². The Morgan fingerprint density at radius 2 is 1.96 bits per heavy atom. The molecule has 3 aromatic rings. The van der Waals surface area contributed by atoms with Crippen LogP contribution in [0.3, 0.4) is 0 Å². The average molecular weight is 356 g/mol. The fourth-order valence-electron chi connectivity index (χ4n) is 2.16. The summed E-state index contributed by atoms with van der Waals surface area (Å²) >= 11 is 0. The van der Waals surface area contributed by atoms with Crippen molar-refractivity contribution < 1.29 is 13.6 Å². The number of halogens is 2. The van der Waals surface area contributed by atoms with Gasteiger partial charge in [0.05, 0.1) is 5.71 Å². The number of amides is 1. The molecule has 132 valence electrons. The highest BCUT2D eigenvalue weighted by Crippen LogP contribution is 2.12. The van der Waals surface area contributed by atoms with Crippen LogP contribution in [0.1, 0.15) is 12.5 Å². The Morgan fingerprint density at radius 1 is 1.19 bits per heavy atom. The highest BCUT2D eigenvalue weighted by atomic mass is 19.1. The predicted molar refractivity (Wildman–Crippen MR) is 90.0 cm³/mol. The molecule has 0 aliphatic carbocycles. The first-order chi connectivity index (χ1) is 12.5. The number of nitrogens with zero attached hydrogens (tertiary/aromatic N) is 5. The quantitative estimate of drug-likeness (QED) is 0.561. The fourth-order valence-corrected chi connectivity index (χ4v) is 2.16. The number of benzene rings is 2. The summed E-state index contributed by atoms with van der Waals surface area (Å²) < 4.78 is 26.9. The number of tetrazole rings is 1. The number of hydrogen-bond donors (Lipinski definition) is 1. The molecular formula is C17H14F2N6O. The third kappa shape index (κ3) is 4.12. The lowest BCUT2D eigenvalue weighted by Gasteiger charge is -2.04. The van der Waals surface area contributed by atoms with Crippen LogP contribution < -0.4 is 5.43 Å². The summed E-state index contributed by atoms with van der Waals surface area (Å²) in [6.45, 7) is 1.24. The zero-order valence-corrected chi connectivity index (χ0v) is 13.7. The Morgan fingerprint density at radius 3 is 2.73 bits per heavy atom. The maximum Gasteiger partial charge on any atom is 0.263 e. The number of carbonyl (C=O) groups excluding carboxylic acids is 1. The first kappa shape index (κ1) is 17.3. The van der Waals surface area contributed by atoms with Crippen molar-refractivity contribution in [3.05, 3.63) is 65.7 Å². The summed E-state index contributed by atoms with van der Waals surface area (Å²) in [5.74, 6) is -1.37. The van der Waals surface area contributed by atoms with Crippen molar-refractivity contribution in [2.24, 2.45) is 5.10 Å². The topological polar surface area (TPSA) is 85.1 Å². The van der Waals surface area contributed by atoms with Gasteiger partial charge in [-0.25, -0.2) is 14.2 Å². The summed E-state index contributed by atoms with van der Waals surface area (Å²) in [4.78, 5) is 13.0. The minimum Gasteiger partial charge on any atom is -0.271 e. The van der Waals surface area contributed by atoms with E-state index in [0.717, 1.165) is 28.6 Å². The largest absolute Gasteiger partial charge is 0.271 e. The van der Waals surface area contributed by atoms with Gasteiger partial charge in [0, 0.05) is 11.1 Å². The maximum atomic E-state index is 13.7. The molecule has 0 spiro atoms. The zero-order chi connectivity index (χ0) is 18.5. The van der Waals surface area contributed by atoms with Gasteiger partial charge in [0.2, 0.25) is 5.82 Å². The zero-order valence-electron chi connectivity index (χ0n) is 13.7. The summed E-state index contributed by atoms with van der Waals surface area (Å²) in [5, 5.41) is 15.6. The van der Waals surface area contributed by atoms with Gasteiger partial charge in [-0.3, -0.25) is 4.79 Å². The lowest BCUT2D eigenvalue weighted by Crippen LogP contribution is -2.25. The summed E-state index contributed by atoms with van der Waals surface area (Å²) in [6, 6.07) is 12.2. The molecule has 1 aromatic heterocycles. The molecule has 0 bridgehead atoms. The Labute approximate surface area is 147 Å². The molecule has 0 aliphatic rings. The van der Waals surface area contributed by atoms with Crippen LogP contribution in [-0.4, -0.2) is 31.8 Å². The molecule has 0 fully saturated rings. The molecule has 0 aliphatic heterocycles. The van der Waals surface area contributed by atoms with Gasteiger partial charge in [0.25, 0.3) is 5.91 Å². The lowest BCUT2D eigenvalue weighted by atomic mass is 10.1. The molecule has 3 rings (SSSR count). The first-order valence-electron chi connectivity index (χ1n) is 7.65. The highest BCUT2D eigenvalue weighted by Gasteiger charge is 2.10. The average Bonchev–Trinajstić information content (AvgIpc) is 3.11. The van der Waals surface area contributed by atoms with Crippen LogP contribution in [0.5, 0.6) is 0 Å². The molecule has 1 amide bonds. The van der Waals surface area contributed by atoms with Crippen molar-refractivity contribution in [2.75, 3.05) is 0 Å². The normalized spacial score (nSPS) is 11.4. The van der Waals surface area contributed by atoms with E-state index in [1.54, 1.807) is 0 Å². The molecule has 0 saturated carbocycles. The van der Waals surface area contributed by atoms with E-state index in [4.69, 9.17) is 0 Å². The van der Waals surface area contributed by atoms with Crippen LogP contribution in [0.4, 0.5) is 8.78 Å². The second-order valence-electron chi connectivity index (χ2n) is 5.37. The van der Waals surface area contributed by atoms with Gasteiger partial charge in [0.15, 0.2) is 0 Å². The Hall–Kier alpha value is -3.49. The van der Waals surface area contributed by atoms with E-state index in [9.17, 15) is 13.6 Å². The minimum atomic E-state index is -0.632. The van der Waals surface area contributed by atoms with Gasteiger partial charge >= 0.3 is 0 Å². The Bertz CT molecular complexity index is 955. The van der Waals surface area contributed by atoms with Crippen LogP contribution in [0, 0.1) is 11.6 Å². The third-order valence-corrected chi connectivity index (χ3v) is 3.44. The molecule has 1 heterocycles. The minimum absolute atomic E-state index is 0.0319. The van der Waals surface area contributed by atoms with Crippen LogP contribution in [0.25, 0.3) is 11.4 Å². The second kappa shape index (κ2) is 7.60. The Kier molecular flexibility index (Phi) is 5.07. The van der Waals surface area contributed by atoms with Crippen molar-refractivity contribution in [3.8, 4) is 11.4 Å². The van der Waals surface area contributed by atoms with E-state index < -0.39 is 17.5 Å². The highest BCUT2D eigenvalue weighted by molar-refractivity contribution is 5.99. The smallest absolute Gasteiger partial charge is 0.263 e. The first-order valence-corrected chi connectivity index (χ1v) is 7.65. The maximum absolute atomic E-state index is 13.7. The van der Waals surface area contributed by atoms with Gasteiger partial charge in [0.1, 0.15) is 18.2 Å². The van der Waals surface area contributed by atoms with Gasteiger partial charge in [-0.05, 0) is 30.3 Å². The van der Waals surface area contributed by atoms with E-state index in [1.165, 1.54) is 6.92 Å². The third-order valence-electron chi connectivity index (χ3n) is 3.44. The SMILES string of the molecule is C/C(=N/NC(=O)Cn1nnc(-c2ccccc2)n1)c1cc(F)ccc1F. The van der Waals surface area contributed by atoms with E-state index >= 15 is 0 Å². The molecular weight excluding hydrogens is 342 g/mol. The number of hydrazone groups is 1. The lowest BCUT2D eigenvalue weighted by molar-refractivity contribution is -0.122. The number of hydrogen-bond acceptors (Lipinski definition) is 5. The summed E-state index contributed by atoms with van der Waals surface area (Å²) in [6.07, 6.45) is 0. The molecule has 0 radical (unpaired) electrons. The van der Waals surface area contributed by atoms with E-state index in [1.807, 2.05) is 30.3 Å². The molecule has 7 nitrogen and oxygen atoms in total. The fraction of sp³-hybridized carbons (Fsp3) is 0.118. The number of carbonyl (C=O) groups is 1. The number of nitrogens with one attached hydrogen (secondary N) is 1. The standard InChI is InChI=1S/C17H14F2N6O/c1-11(14-9-13(18)7-8-15(14)19)20-21-16(26)10-25-23-17(22-24-25)12-5-3-2-4-6-12/h2-9H,10H2,1H3,(H,21,26)/b20-11-. The molecule has 2 aromatic carbocycles. The molecule has 0 atom stereocenters. The van der Waals surface area contributed by atoms with Gasteiger partial charge < -0.3 is 0 Å². The second-order valence-corrected chi connectivity index (χ2v) is 5.37. The molecule has 1 N–H and O–H groups in total. The van der Waals surface area contributed by atoms with Crippen LogP contribution in [0.2, 0.25) is 0 Å². The van der Waals surface area contributed by atoms with E-state index in [2.05, 4.69) is 25.9 Å². The monoisotopic (exact) mass is 356 g/mol. The molecule has 0 saturated heterocycles. The van der Waals surface area contributed by atoms with E-state index in [-0.39, 0.29) is 17.8 Å². The summed E-state index contributed by atoms with van der Waals surface area (Å²) in [5.41, 5.74) is 3.13. The van der Waals surface area contributed by atoms with Crippen molar-refractivity contribution in [1.82, 2.24) is 25.6 Å². The van der Waals surface area contributed by atoms with Crippen molar-refractivity contribution in [3.63, 3.8) is 0 Å². The van der Waals surface area contributed by atoms with Gasteiger partial charge in [-0.2, -0.15) is 9.90 Å². The van der Waals surface area contributed by atoms with E-state index in [0.29, 0.717) is 5.82 Å². The number of rotatable bonds is 5. The predicted octanol–water partition coefficient (Wildman–Crippen LogP) is 2.16. The summed E-state index contributed by atoms with van der Waals surface area (Å²) in [7, 11) is 0. The van der Waals surface area contributed by atoms with Crippen LogP contribution in [0.15, 0.2) is 53.6 Å². The van der Waals surface area contributed by atoms with Crippen LogP contribution >= 0.6 is 0 Å². The van der Waals surface area contributed by atoms with Crippen molar-refractivity contribution >= 4 is 11.6 Å². The Balaban J connectivity index is 1.64. The molecule has 9 heteroatoms. The molecule has 0 unspecified atom stereocenters. The van der Waals surface area contributed by atoms with Crippen molar-refractivity contribution in [1.29, 1.82) is 0 Å². The molecule has 26 heavy (non-hydrogen) atoms.